The number of hydrogen-bond acceptors (Lipinski definition) is 2. The van der Waals surface area contributed by atoms with Gasteiger partial charge in [0, 0.05) is 28.6 Å². The van der Waals surface area contributed by atoms with Crippen LogP contribution in [-0.2, 0) is 0 Å². The first-order valence-corrected chi connectivity index (χ1v) is 7.77. The molecular weight excluding hydrogens is 282 g/mol. The van der Waals surface area contributed by atoms with Gasteiger partial charge in [-0.05, 0) is 24.6 Å². The van der Waals surface area contributed by atoms with E-state index in [1.807, 2.05) is 30.3 Å². The molecule has 0 saturated heterocycles. The first-order chi connectivity index (χ1) is 10.2. The molecule has 3 rings (SSSR count). The Bertz CT molecular complexity index is 628. The van der Waals surface area contributed by atoms with Crippen molar-refractivity contribution in [1.82, 2.24) is 5.32 Å². The largest absolute Gasteiger partial charge is 0.493 e. The van der Waals surface area contributed by atoms with E-state index in [0.717, 1.165) is 22.9 Å². The number of hydrogen-bond donors (Lipinski definition) is 1. The second kappa shape index (κ2) is 6.08. The molecule has 1 aliphatic rings. The Morgan fingerprint density at radius 2 is 1.86 bits per heavy atom. The van der Waals surface area contributed by atoms with Gasteiger partial charge in [-0.2, -0.15) is 0 Å². The first-order valence-electron chi connectivity index (χ1n) is 7.39. The number of rotatable bonds is 3. The van der Waals surface area contributed by atoms with Crippen LogP contribution in [0.25, 0.3) is 0 Å². The molecule has 0 amide bonds. The maximum atomic E-state index is 6.31. The maximum Gasteiger partial charge on any atom is 0.124 e. The summed E-state index contributed by atoms with van der Waals surface area (Å²) in [6.45, 7) is 5.11. The van der Waals surface area contributed by atoms with Gasteiger partial charge in [0.25, 0.3) is 0 Å². The van der Waals surface area contributed by atoms with Crippen molar-refractivity contribution in [3.63, 3.8) is 0 Å². The van der Waals surface area contributed by atoms with Gasteiger partial charge in [0.1, 0.15) is 5.75 Å². The minimum atomic E-state index is 0.192. The van der Waals surface area contributed by atoms with Crippen LogP contribution in [0, 0.1) is 5.92 Å². The van der Waals surface area contributed by atoms with Crippen molar-refractivity contribution >= 4 is 11.6 Å². The number of benzene rings is 2. The molecule has 110 valence electrons. The van der Waals surface area contributed by atoms with Crippen molar-refractivity contribution in [2.75, 3.05) is 6.61 Å². The maximum absolute atomic E-state index is 6.31. The van der Waals surface area contributed by atoms with E-state index in [-0.39, 0.29) is 12.1 Å². The lowest BCUT2D eigenvalue weighted by Crippen LogP contribution is -2.35. The van der Waals surface area contributed by atoms with E-state index in [1.54, 1.807) is 0 Å². The fourth-order valence-corrected chi connectivity index (χ4v) is 3.23. The lowest BCUT2D eigenvalue weighted by molar-refractivity contribution is 0.182. The molecule has 0 radical (unpaired) electrons. The standard InChI is InChI=1S/C18H20ClNO/c1-12-11-21-17-10-6-4-8-15(17)18(12)20-13(2)14-7-3-5-9-16(14)19/h3-10,12-13,18,20H,11H2,1-2H3/t12?,13-,18?/m0/s1. The van der Waals surface area contributed by atoms with E-state index in [2.05, 4.69) is 37.4 Å². The fraction of sp³-hybridized carbons (Fsp3) is 0.333. The summed E-state index contributed by atoms with van der Waals surface area (Å²) in [5.41, 5.74) is 2.37. The highest BCUT2D eigenvalue weighted by Gasteiger charge is 2.29. The number of fused-ring (bicyclic) bond motifs is 1. The molecule has 2 unspecified atom stereocenters. The molecule has 3 heteroatoms. The van der Waals surface area contributed by atoms with Gasteiger partial charge in [-0.1, -0.05) is 54.9 Å². The van der Waals surface area contributed by atoms with Crippen LogP contribution >= 0.6 is 11.6 Å². The van der Waals surface area contributed by atoms with Gasteiger partial charge >= 0.3 is 0 Å². The zero-order valence-electron chi connectivity index (χ0n) is 12.3. The summed E-state index contributed by atoms with van der Waals surface area (Å²) in [5.74, 6) is 1.41. The van der Waals surface area contributed by atoms with Gasteiger partial charge in [0.05, 0.1) is 6.61 Å². The van der Waals surface area contributed by atoms with Gasteiger partial charge in [0.2, 0.25) is 0 Å². The highest BCUT2D eigenvalue weighted by Crippen LogP contribution is 2.37. The molecule has 2 aromatic carbocycles. The minimum absolute atomic E-state index is 0.192. The third-order valence-corrected chi connectivity index (χ3v) is 4.47. The molecule has 2 nitrogen and oxygen atoms in total. The molecule has 1 heterocycles. The topological polar surface area (TPSA) is 21.3 Å². The van der Waals surface area contributed by atoms with Crippen LogP contribution in [0.1, 0.15) is 37.1 Å². The van der Waals surface area contributed by atoms with Crippen LogP contribution in [0.5, 0.6) is 5.75 Å². The number of ether oxygens (including phenoxy) is 1. The molecule has 0 aromatic heterocycles. The highest BCUT2D eigenvalue weighted by atomic mass is 35.5. The first kappa shape index (κ1) is 14.4. The SMILES string of the molecule is CC1COc2ccccc2C1N[C@@H](C)c1ccccc1Cl. The molecule has 0 bridgehead atoms. The second-order valence-electron chi connectivity index (χ2n) is 5.71. The Morgan fingerprint density at radius 1 is 1.14 bits per heavy atom. The van der Waals surface area contributed by atoms with Crippen LogP contribution < -0.4 is 10.1 Å². The number of para-hydroxylation sites is 1. The Kier molecular flexibility index (Phi) is 4.18. The van der Waals surface area contributed by atoms with Crippen LogP contribution in [0.2, 0.25) is 5.02 Å². The molecular formula is C18H20ClNO. The Hall–Kier alpha value is -1.51. The molecule has 21 heavy (non-hydrogen) atoms. The van der Waals surface area contributed by atoms with Crippen molar-refractivity contribution < 1.29 is 4.74 Å². The lowest BCUT2D eigenvalue weighted by Gasteiger charge is -2.34. The molecule has 0 fully saturated rings. The van der Waals surface area contributed by atoms with Gasteiger partial charge in [0.15, 0.2) is 0 Å². The van der Waals surface area contributed by atoms with Gasteiger partial charge in [-0.15, -0.1) is 0 Å². The van der Waals surface area contributed by atoms with Crippen molar-refractivity contribution in [1.29, 1.82) is 0 Å². The average molecular weight is 302 g/mol. The number of halogens is 1. The molecule has 1 aliphatic heterocycles. The average Bonchev–Trinajstić information content (AvgIpc) is 2.50. The monoisotopic (exact) mass is 301 g/mol. The predicted molar refractivity (Wildman–Crippen MR) is 86.8 cm³/mol. The van der Waals surface area contributed by atoms with Crippen LogP contribution in [-0.4, -0.2) is 6.61 Å². The summed E-state index contributed by atoms with van der Waals surface area (Å²) >= 11 is 6.31. The third kappa shape index (κ3) is 2.92. The third-order valence-electron chi connectivity index (χ3n) is 4.13. The summed E-state index contributed by atoms with van der Waals surface area (Å²) in [6.07, 6.45) is 0. The molecule has 0 spiro atoms. The lowest BCUT2D eigenvalue weighted by atomic mass is 9.91. The van der Waals surface area contributed by atoms with Crippen molar-refractivity contribution in [3.05, 3.63) is 64.7 Å². The van der Waals surface area contributed by atoms with Crippen LogP contribution in [0.15, 0.2) is 48.5 Å². The van der Waals surface area contributed by atoms with Crippen LogP contribution in [0.3, 0.4) is 0 Å². The molecule has 2 aromatic rings. The summed E-state index contributed by atoms with van der Waals surface area (Å²) in [5, 5.41) is 4.53. The van der Waals surface area contributed by atoms with Gasteiger partial charge < -0.3 is 10.1 Å². The minimum Gasteiger partial charge on any atom is -0.493 e. The molecule has 0 aliphatic carbocycles. The summed E-state index contributed by atoms with van der Waals surface area (Å²) < 4.78 is 5.81. The summed E-state index contributed by atoms with van der Waals surface area (Å²) in [4.78, 5) is 0. The zero-order valence-corrected chi connectivity index (χ0v) is 13.1. The molecule has 3 atom stereocenters. The van der Waals surface area contributed by atoms with E-state index >= 15 is 0 Å². The Labute approximate surface area is 131 Å². The van der Waals surface area contributed by atoms with Crippen molar-refractivity contribution in [3.8, 4) is 5.75 Å². The van der Waals surface area contributed by atoms with E-state index in [9.17, 15) is 0 Å². The molecule has 0 saturated carbocycles. The summed E-state index contributed by atoms with van der Waals surface area (Å²) in [7, 11) is 0. The van der Waals surface area contributed by atoms with Gasteiger partial charge in [-0.25, -0.2) is 0 Å². The smallest absolute Gasteiger partial charge is 0.124 e. The van der Waals surface area contributed by atoms with Gasteiger partial charge in [-0.3, -0.25) is 0 Å². The Balaban J connectivity index is 1.86. The fourth-order valence-electron chi connectivity index (χ4n) is 2.93. The van der Waals surface area contributed by atoms with E-state index in [0.29, 0.717) is 5.92 Å². The normalized spacial score (nSPS) is 22.2. The predicted octanol–water partition coefficient (Wildman–Crippen LogP) is 4.76. The second-order valence-corrected chi connectivity index (χ2v) is 6.12. The Morgan fingerprint density at radius 3 is 2.67 bits per heavy atom. The number of nitrogens with one attached hydrogen (secondary N) is 1. The van der Waals surface area contributed by atoms with E-state index < -0.39 is 0 Å². The van der Waals surface area contributed by atoms with E-state index in [4.69, 9.17) is 16.3 Å². The van der Waals surface area contributed by atoms with Crippen molar-refractivity contribution in [2.24, 2.45) is 5.92 Å². The van der Waals surface area contributed by atoms with Crippen LogP contribution in [0.4, 0.5) is 0 Å². The summed E-state index contributed by atoms with van der Waals surface area (Å²) in [6, 6.07) is 16.7. The zero-order chi connectivity index (χ0) is 14.8. The molecule has 1 N–H and O–H groups in total. The quantitative estimate of drug-likeness (QED) is 0.882. The highest BCUT2D eigenvalue weighted by molar-refractivity contribution is 6.31. The van der Waals surface area contributed by atoms with Crippen molar-refractivity contribution in [2.45, 2.75) is 25.9 Å². The van der Waals surface area contributed by atoms with E-state index in [1.165, 1.54) is 5.56 Å².